The first-order valence-corrected chi connectivity index (χ1v) is 6.57. The Hall–Kier alpha value is -2.27. The van der Waals surface area contributed by atoms with Crippen LogP contribution in [0.25, 0.3) is 0 Å². The lowest BCUT2D eigenvalue weighted by Crippen LogP contribution is -2.46. The molecular formula is C15H17N3O2. The Labute approximate surface area is 117 Å². The standard InChI is InChI=1S/C15H17N3O2/c16-11(8-10-4-3-7-18-15(10)17)14-9-19-12-5-1-2-6-13(12)20-14/h1-7,11,14H,8-9,16H2,(H2,17,18). The first kappa shape index (κ1) is 12.7. The van der Waals surface area contributed by atoms with Gasteiger partial charge < -0.3 is 20.9 Å². The van der Waals surface area contributed by atoms with Gasteiger partial charge in [0.15, 0.2) is 11.5 Å². The molecule has 104 valence electrons. The molecule has 4 N–H and O–H groups in total. The van der Waals surface area contributed by atoms with Crippen molar-refractivity contribution in [3.05, 3.63) is 48.2 Å². The van der Waals surface area contributed by atoms with Crippen LogP contribution in [0.5, 0.6) is 11.5 Å². The number of ether oxygens (including phenoxy) is 2. The first-order valence-electron chi connectivity index (χ1n) is 6.57. The summed E-state index contributed by atoms with van der Waals surface area (Å²) in [5.74, 6) is 2.01. The number of nitrogen functional groups attached to an aromatic ring is 1. The summed E-state index contributed by atoms with van der Waals surface area (Å²) in [6.07, 6.45) is 2.08. The molecule has 1 aromatic carbocycles. The van der Waals surface area contributed by atoms with E-state index in [0.717, 1.165) is 17.1 Å². The Kier molecular flexibility index (Phi) is 3.43. The maximum absolute atomic E-state index is 6.22. The van der Waals surface area contributed by atoms with Crippen molar-refractivity contribution < 1.29 is 9.47 Å². The zero-order valence-corrected chi connectivity index (χ0v) is 11.0. The summed E-state index contributed by atoms with van der Waals surface area (Å²) in [7, 11) is 0. The molecule has 1 aromatic heterocycles. The van der Waals surface area contributed by atoms with Crippen molar-refractivity contribution in [2.24, 2.45) is 5.73 Å². The second-order valence-electron chi connectivity index (χ2n) is 4.83. The van der Waals surface area contributed by atoms with Gasteiger partial charge in [0.1, 0.15) is 18.5 Å². The quantitative estimate of drug-likeness (QED) is 0.881. The summed E-state index contributed by atoms with van der Waals surface area (Å²) in [4.78, 5) is 4.06. The van der Waals surface area contributed by atoms with Crippen LogP contribution in [0.1, 0.15) is 5.56 Å². The monoisotopic (exact) mass is 271 g/mol. The van der Waals surface area contributed by atoms with Crippen molar-refractivity contribution in [3.63, 3.8) is 0 Å². The Morgan fingerprint density at radius 2 is 2.00 bits per heavy atom. The third-order valence-electron chi connectivity index (χ3n) is 3.39. The van der Waals surface area contributed by atoms with Gasteiger partial charge in [-0.3, -0.25) is 0 Å². The largest absolute Gasteiger partial charge is 0.486 e. The minimum absolute atomic E-state index is 0.190. The molecule has 0 radical (unpaired) electrons. The lowest BCUT2D eigenvalue weighted by molar-refractivity contribution is 0.0723. The summed E-state index contributed by atoms with van der Waals surface area (Å²) in [6.45, 7) is 0.443. The average Bonchev–Trinajstić information content (AvgIpc) is 2.49. The van der Waals surface area contributed by atoms with Gasteiger partial charge in [0.2, 0.25) is 0 Å². The van der Waals surface area contributed by atoms with E-state index in [1.54, 1.807) is 6.20 Å². The number of rotatable bonds is 3. The van der Waals surface area contributed by atoms with Crippen molar-refractivity contribution in [1.29, 1.82) is 0 Å². The maximum Gasteiger partial charge on any atom is 0.161 e. The van der Waals surface area contributed by atoms with E-state index in [1.165, 1.54) is 0 Å². The van der Waals surface area contributed by atoms with Gasteiger partial charge in [0.05, 0.1) is 0 Å². The molecule has 3 rings (SSSR count). The molecule has 2 heterocycles. The van der Waals surface area contributed by atoms with Gasteiger partial charge in [0.25, 0.3) is 0 Å². The molecule has 0 fully saturated rings. The highest BCUT2D eigenvalue weighted by atomic mass is 16.6. The summed E-state index contributed by atoms with van der Waals surface area (Å²) in [5, 5.41) is 0. The van der Waals surface area contributed by atoms with Crippen LogP contribution in [-0.4, -0.2) is 23.7 Å². The number of benzene rings is 1. The molecule has 0 aliphatic carbocycles. The van der Waals surface area contributed by atoms with Crippen LogP contribution in [0.4, 0.5) is 5.82 Å². The number of hydrogen-bond donors (Lipinski definition) is 2. The van der Waals surface area contributed by atoms with E-state index in [0.29, 0.717) is 18.8 Å². The molecule has 5 nitrogen and oxygen atoms in total. The number of nitrogens with zero attached hydrogens (tertiary/aromatic N) is 1. The molecule has 2 atom stereocenters. The highest BCUT2D eigenvalue weighted by Gasteiger charge is 2.26. The molecule has 0 amide bonds. The fourth-order valence-corrected chi connectivity index (χ4v) is 2.26. The Bertz CT molecular complexity index is 603. The van der Waals surface area contributed by atoms with E-state index < -0.39 is 0 Å². The van der Waals surface area contributed by atoms with Gasteiger partial charge in [-0.15, -0.1) is 0 Å². The predicted molar refractivity (Wildman–Crippen MR) is 76.7 cm³/mol. The van der Waals surface area contributed by atoms with Gasteiger partial charge in [-0.2, -0.15) is 0 Å². The summed E-state index contributed by atoms with van der Waals surface area (Å²) >= 11 is 0. The van der Waals surface area contributed by atoms with Crippen molar-refractivity contribution in [1.82, 2.24) is 4.98 Å². The molecule has 0 saturated heterocycles. The summed E-state index contributed by atoms with van der Waals surface area (Å²) in [6, 6.07) is 11.2. The SMILES string of the molecule is Nc1ncccc1CC(N)C1COc2ccccc2O1. The topological polar surface area (TPSA) is 83.4 Å². The van der Waals surface area contributed by atoms with Crippen molar-refractivity contribution in [2.45, 2.75) is 18.6 Å². The number of pyridine rings is 1. The molecule has 0 saturated carbocycles. The second kappa shape index (κ2) is 5.38. The zero-order chi connectivity index (χ0) is 13.9. The van der Waals surface area contributed by atoms with Gasteiger partial charge in [0, 0.05) is 12.2 Å². The highest BCUT2D eigenvalue weighted by Crippen LogP contribution is 2.31. The van der Waals surface area contributed by atoms with E-state index in [2.05, 4.69) is 4.98 Å². The number of nitrogens with two attached hydrogens (primary N) is 2. The number of anilines is 1. The number of aromatic nitrogens is 1. The second-order valence-corrected chi connectivity index (χ2v) is 4.83. The predicted octanol–water partition coefficient (Wildman–Crippen LogP) is 1.37. The molecular weight excluding hydrogens is 254 g/mol. The van der Waals surface area contributed by atoms with Crippen LogP contribution in [0, 0.1) is 0 Å². The Morgan fingerprint density at radius 1 is 1.20 bits per heavy atom. The Morgan fingerprint density at radius 3 is 2.80 bits per heavy atom. The fraction of sp³-hybridized carbons (Fsp3) is 0.267. The maximum atomic E-state index is 6.22. The number of fused-ring (bicyclic) bond motifs is 1. The molecule has 2 unspecified atom stereocenters. The van der Waals surface area contributed by atoms with E-state index >= 15 is 0 Å². The third-order valence-corrected chi connectivity index (χ3v) is 3.39. The zero-order valence-electron chi connectivity index (χ0n) is 11.0. The van der Waals surface area contributed by atoms with E-state index in [9.17, 15) is 0 Å². The van der Waals surface area contributed by atoms with Crippen LogP contribution in [0.2, 0.25) is 0 Å². The van der Waals surface area contributed by atoms with E-state index in [1.807, 2.05) is 36.4 Å². The van der Waals surface area contributed by atoms with Crippen LogP contribution in [-0.2, 0) is 6.42 Å². The van der Waals surface area contributed by atoms with Crippen molar-refractivity contribution in [2.75, 3.05) is 12.3 Å². The summed E-state index contributed by atoms with van der Waals surface area (Å²) in [5.41, 5.74) is 13.0. The first-order chi connectivity index (χ1) is 9.74. The van der Waals surface area contributed by atoms with Gasteiger partial charge in [-0.25, -0.2) is 4.98 Å². The van der Waals surface area contributed by atoms with Crippen molar-refractivity contribution >= 4 is 5.82 Å². The fourth-order valence-electron chi connectivity index (χ4n) is 2.26. The molecule has 20 heavy (non-hydrogen) atoms. The van der Waals surface area contributed by atoms with Crippen LogP contribution < -0.4 is 20.9 Å². The lowest BCUT2D eigenvalue weighted by Gasteiger charge is -2.30. The highest BCUT2D eigenvalue weighted by molar-refractivity contribution is 5.41. The normalized spacial score (nSPS) is 18.6. The summed E-state index contributed by atoms with van der Waals surface area (Å²) < 4.78 is 11.6. The van der Waals surface area contributed by atoms with Gasteiger partial charge >= 0.3 is 0 Å². The smallest absolute Gasteiger partial charge is 0.161 e. The van der Waals surface area contributed by atoms with Crippen LogP contribution in [0.15, 0.2) is 42.6 Å². The molecule has 0 bridgehead atoms. The third kappa shape index (κ3) is 2.53. The molecule has 0 spiro atoms. The van der Waals surface area contributed by atoms with Crippen molar-refractivity contribution in [3.8, 4) is 11.5 Å². The van der Waals surface area contributed by atoms with Crippen LogP contribution >= 0.6 is 0 Å². The van der Waals surface area contributed by atoms with Gasteiger partial charge in [-0.05, 0) is 30.2 Å². The number of para-hydroxylation sites is 2. The van der Waals surface area contributed by atoms with E-state index in [-0.39, 0.29) is 12.1 Å². The van der Waals surface area contributed by atoms with E-state index in [4.69, 9.17) is 20.9 Å². The van der Waals surface area contributed by atoms with Crippen LogP contribution in [0.3, 0.4) is 0 Å². The molecule has 2 aromatic rings. The Balaban J connectivity index is 1.70. The minimum Gasteiger partial charge on any atom is -0.486 e. The number of hydrogen-bond acceptors (Lipinski definition) is 5. The molecule has 1 aliphatic rings. The molecule has 1 aliphatic heterocycles. The minimum atomic E-state index is -0.199. The lowest BCUT2D eigenvalue weighted by atomic mass is 10.0. The van der Waals surface area contributed by atoms with Gasteiger partial charge in [-0.1, -0.05) is 18.2 Å². The average molecular weight is 271 g/mol. The molecule has 5 heteroatoms.